The van der Waals surface area contributed by atoms with Gasteiger partial charge in [-0.05, 0) is 34.4 Å². The highest BCUT2D eigenvalue weighted by molar-refractivity contribution is 7.20. The molecule has 23 heteroatoms. The van der Waals surface area contributed by atoms with Crippen molar-refractivity contribution in [1.29, 1.82) is 0 Å². The lowest BCUT2D eigenvalue weighted by Gasteiger charge is -2.44. The van der Waals surface area contributed by atoms with Crippen LogP contribution in [0.3, 0.4) is 0 Å². The van der Waals surface area contributed by atoms with Crippen molar-refractivity contribution >= 4 is 33.8 Å². The number of Topliss-reactive ketones (excluding diaryl/α,β-unsaturated/α-hetero) is 1. The summed E-state index contributed by atoms with van der Waals surface area (Å²) in [6, 6.07) is 28.3. The Morgan fingerprint density at radius 1 is 0.314 bits per heavy atom. The number of rotatable bonds is 8. The van der Waals surface area contributed by atoms with Gasteiger partial charge in [0.25, 0.3) is 0 Å². The van der Waals surface area contributed by atoms with Gasteiger partial charge in [-0.15, -0.1) is 21.9 Å². The molecule has 360 valence electrons. The summed E-state index contributed by atoms with van der Waals surface area (Å²) in [6.45, 7) is 0.350. The molecule has 0 bridgehead atoms. The molecule has 1 aromatic heterocycles. The minimum Gasteiger partial charge on any atom is -0.287 e. The number of nitrogens with zero attached hydrogens (tertiary/aromatic N) is 1. The fourth-order valence-electron chi connectivity index (χ4n) is 7.89. The lowest BCUT2D eigenvalue weighted by Crippen LogP contribution is -2.81. The molecule has 5 aromatic carbocycles. The molecule has 2 nitrogen and oxygen atoms in total. The first-order valence-electron chi connectivity index (χ1n) is 19.3. The van der Waals surface area contributed by atoms with Crippen LogP contribution in [0.5, 0.6) is 0 Å². The summed E-state index contributed by atoms with van der Waals surface area (Å²) in [5.74, 6) is -71.3. The van der Waals surface area contributed by atoms with E-state index in [1.165, 1.54) is 16.7 Å². The van der Waals surface area contributed by atoms with E-state index in [0.717, 1.165) is 11.1 Å². The number of hydrogen-bond donors (Lipinski definition) is 0. The average Bonchev–Trinajstić information content (AvgIpc) is 3.63. The van der Waals surface area contributed by atoms with E-state index in [4.69, 9.17) is 0 Å². The molecular weight excluding hydrogens is 985 g/mol. The second-order valence-electron chi connectivity index (χ2n) is 14.9. The van der Waals surface area contributed by atoms with E-state index in [-0.39, 0.29) is 5.78 Å². The maximum Gasteiger partial charge on any atom is 0.227 e. The van der Waals surface area contributed by atoms with Gasteiger partial charge in [0.15, 0.2) is 82.2 Å². The molecule has 2 aliphatic carbocycles. The van der Waals surface area contributed by atoms with E-state index >= 15 is 35.1 Å². The van der Waals surface area contributed by atoms with Crippen LogP contribution in [-0.4, -0.2) is 11.9 Å². The zero-order valence-corrected chi connectivity index (χ0v) is 33.9. The summed E-state index contributed by atoms with van der Waals surface area (Å²) >= 11 is 0. The fraction of sp³-hybridized carbons (Fsp3) is 0.0213. The Morgan fingerprint density at radius 3 is 0.857 bits per heavy atom. The molecule has 0 saturated carbocycles. The van der Waals surface area contributed by atoms with Crippen LogP contribution >= 0.6 is 0 Å². The van der Waals surface area contributed by atoms with Crippen LogP contribution in [0.25, 0.3) is 22.3 Å². The zero-order chi connectivity index (χ0) is 51.4. The van der Waals surface area contributed by atoms with Gasteiger partial charge in [-0.1, -0.05) is 60.7 Å². The minimum atomic E-state index is -7.22. The third kappa shape index (κ3) is 8.05. The van der Waals surface area contributed by atoms with Gasteiger partial charge in [0.2, 0.25) is 12.3 Å². The van der Waals surface area contributed by atoms with Crippen molar-refractivity contribution in [3.63, 3.8) is 0 Å². The predicted octanol–water partition coefficient (Wildman–Crippen LogP) is 10.5. The van der Waals surface area contributed by atoms with E-state index in [1.807, 2.05) is 53.4 Å². The number of fused-ring (bicyclic) bond motifs is 1. The molecule has 0 spiro atoms. The Hall–Kier alpha value is -7.72. The summed E-state index contributed by atoms with van der Waals surface area (Å²) in [5.41, 5.74) is -8.77. The molecule has 0 N–H and O–H groups in total. The SMILES string of the molecule is Fc1c(F)c(F)c([B-](c2c(F)c(F)c(F)c(F)c2F)(c2c(F)c(F)c(F)c(F)c2F)c2c(F)c(F)c(F)c(F)c2F)c(F)c1F.O=C(C[n+]1ccc(-c2cc3cccccc-3c2)cc1)c1ccccc1. The Bertz CT molecular complexity index is 2960. The molecule has 0 radical (unpaired) electrons. The van der Waals surface area contributed by atoms with Crippen molar-refractivity contribution in [2.24, 2.45) is 0 Å². The number of halogens is 20. The molecule has 2 aliphatic rings. The fourth-order valence-corrected chi connectivity index (χ4v) is 7.89. The van der Waals surface area contributed by atoms with E-state index in [9.17, 15) is 57.5 Å². The molecule has 0 aliphatic heterocycles. The van der Waals surface area contributed by atoms with Crippen LogP contribution in [0.4, 0.5) is 87.8 Å². The molecule has 8 rings (SSSR count). The average molecular weight is 1000 g/mol. The quantitative estimate of drug-likeness (QED) is 0.0371. The molecule has 1 heterocycles. The number of carbonyl (C=O) groups is 1. The lowest BCUT2D eigenvalue weighted by atomic mass is 9.12. The predicted molar refractivity (Wildman–Crippen MR) is 209 cm³/mol. The van der Waals surface area contributed by atoms with Gasteiger partial charge in [0, 0.05) is 17.7 Å². The maximum atomic E-state index is 15.4. The van der Waals surface area contributed by atoms with E-state index in [2.05, 4.69) is 48.5 Å². The van der Waals surface area contributed by atoms with Gasteiger partial charge in [-0.2, -0.15) is 4.57 Å². The van der Waals surface area contributed by atoms with Crippen LogP contribution in [0.15, 0.2) is 97.3 Å². The molecule has 0 fully saturated rings. The number of pyridine rings is 1. The minimum absolute atomic E-state index is 0.116. The topological polar surface area (TPSA) is 20.9 Å². The molecule has 70 heavy (non-hydrogen) atoms. The van der Waals surface area contributed by atoms with Crippen LogP contribution in [-0.2, 0) is 6.54 Å². The highest BCUT2D eigenvalue weighted by atomic mass is 19.2. The molecule has 0 amide bonds. The Kier molecular flexibility index (Phi) is 13.6. The highest BCUT2D eigenvalue weighted by Crippen LogP contribution is 2.33. The third-order valence-electron chi connectivity index (χ3n) is 11.1. The van der Waals surface area contributed by atoms with Crippen molar-refractivity contribution in [2.75, 3.05) is 0 Å². The van der Waals surface area contributed by atoms with Gasteiger partial charge in [0.1, 0.15) is 52.7 Å². The maximum absolute atomic E-state index is 15.4. The van der Waals surface area contributed by atoms with Crippen molar-refractivity contribution in [3.8, 4) is 22.3 Å². The van der Waals surface area contributed by atoms with Gasteiger partial charge in [0.05, 0.1) is 0 Å². The molecular formula is C47H18BF20NO. The van der Waals surface area contributed by atoms with E-state index in [1.54, 1.807) is 0 Å². The van der Waals surface area contributed by atoms with Gasteiger partial charge in [-0.3, -0.25) is 4.79 Å². The van der Waals surface area contributed by atoms with Crippen LogP contribution in [0.1, 0.15) is 10.4 Å². The van der Waals surface area contributed by atoms with Crippen molar-refractivity contribution in [1.82, 2.24) is 0 Å². The number of ketones is 1. The summed E-state index contributed by atoms with van der Waals surface area (Å²) in [4.78, 5) is 12.3. The van der Waals surface area contributed by atoms with Crippen molar-refractivity contribution in [2.45, 2.75) is 6.54 Å². The second-order valence-corrected chi connectivity index (χ2v) is 14.9. The van der Waals surface area contributed by atoms with Gasteiger partial charge < -0.3 is 0 Å². The molecule has 0 atom stereocenters. The van der Waals surface area contributed by atoms with Gasteiger partial charge in [-0.25, -0.2) is 87.8 Å². The molecule has 0 saturated heterocycles. The van der Waals surface area contributed by atoms with Crippen LogP contribution in [0, 0.1) is 116 Å². The first-order chi connectivity index (χ1) is 33.0. The first kappa shape index (κ1) is 50.2. The largest absolute Gasteiger partial charge is 0.287 e. The van der Waals surface area contributed by atoms with Crippen molar-refractivity contribution < 1.29 is 97.2 Å². The van der Waals surface area contributed by atoms with Crippen LogP contribution in [0.2, 0.25) is 0 Å². The van der Waals surface area contributed by atoms with E-state index < -0.39 is 144 Å². The lowest BCUT2D eigenvalue weighted by molar-refractivity contribution is -0.683. The Balaban J connectivity index is 0.000000242. The summed E-state index contributed by atoms with van der Waals surface area (Å²) in [6.07, 6.45) is -3.28. The highest BCUT2D eigenvalue weighted by Gasteiger charge is 2.52. The smallest absolute Gasteiger partial charge is 0.227 e. The number of carbonyl (C=O) groups excluding carboxylic acids is 1. The number of hydrogen-bond acceptors (Lipinski definition) is 1. The molecule has 0 unspecified atom stereocenters. The van der Waals surface area contributed by atoms with Crippen LogP contribution < -0.4 is 26.4 Å². The second kappa shape index (κ2) is 19.0. The van der Waals surface area contributed by atoms with Gasteiger partial charge >= 0.3 is 0 Å². The number of benzene rings is 5. The zero-order valence-electron chi connectivity index (χ0n) is 33.9. The third-order valence-corrected chi connectivity index (χ3v) is 11.1. The normalized spacial score (nSPS) is 11.5. The Labute approximate surface area is 378 Å². The molecule has 6 aromatic rings. The summed E-state index contributed by atoms with van der Waals surface area (Å²) < 4.78 is 296. The summed E-state index contributed by atoms with van der Waals surface area (Å²) in [7, 11) is 0. The number of aromatic nitrogens is 1. The first-order valence-corrected chi connectivity index (χ1v) is 19.3. The Morgan fingerprint density at radius 2 is 0.571 bits per heavy atom. The van der Waals surface area contributed by atoms with E-state index in [0.29, 0.717) is 6.54 Å². The van der Waals surface area contributed by atoms with Crippen molar-refractivity contribution in [3.05, 3.63) is 219 Å². The standard InChI is InChI=1S/C24BF20.C23H18NO/c26-5-1(6(27)14(35)21(42)13(5)34)25(2-7(28)15(36)22(43)16(37)8(2)29,3-9(30)17(38)23(44)18(39)10(3)31)4-11(32)19(40)24(45)20(41)12(4)33;25-23(19-7-3-1-4-8-19)17-24-13-11-18(12-14-24)22-15-20-9-5-2-6-10-21(20)16-22/h;1-16H,17H2/q-1;+1. The monoisotopic (exact) mass is 1000 g/mol. The summed E-state index contributed by atoms with van der Waals surface area (Å²) in [5, 5.41) is 0.